The van der Waals surface area contributed by atoms with Gasteiger partial charge in [0.1, 0.15) is 10.1 Å². The van der Waals surface area contributed by atoms with Crippen molar-refractivity contribution in [3.8, 4) is 0 Å². The maximum absolute atomic E-state index is 10.8. The SMILES string of the molecule is CNC(=O)N[C@@H]1OC(=O)C(Cl)=C1Cl. The lowest BCUT2D eigenvalue weighted by molar-refractivity contribution is -0.139. The summed E-state index contributed by atoms with van der Waals surface area (Å²) in [4.78, 5) is 21.6. The Labute approximate surface area is 84.0 Å². The molecular formula is C6H6Cl2N2O3. The van der Waals surface area contributed by atoms with Crippen molar-refractivity contribution in [1.29, 1.82) is 0 Å². The molecule has 0 fully saturated rings. The Morgan fingerprint density at radius 3 is 2.54 bits per heavy atom. The molecule has 1 rings (SSSR count). The molecule has 0 radical (unpaired) electrons. The first kappa shape index (κ1) is 10.1. The summed E-state index contributed by atoms with van der Waals surface area (Å²) in [6, 6.07) is -0.512. The molecule has 1 atom stereocenters. The van der Waals surface area contributed by atoms with Gasteiger partial charge < -0.3 is 10.1 Å². The molecule has 0 unspecified atom stereocenters. The van der Waals surface area contributed by atoms with Crippen molar-refractivity contribution in [2.75, 3.05) is 7.05 Å². The first-order chi connectivity index (χ1) is 6.06. The second-order valence-electron chi connectivity index (χ2n) is 2.17. The zero-order chi connectivity index (χ0) is 10.0. The van der Waals surface area contributed by atoms with E-state index in [4.69, 9.17) is 23.2 Å². The molecule has 13 heavy (non-hydrogen) atoms. The van der Waals surface area contributed by atoms with Gasteiger partial charge in [-0.2, -0.15) is 0 Å². The summed E-state index contributed by atoms with van der Waals surface area (Å²) in [7, 11) is 1.42. The van der Waals surface area contributed by atoms with Crippen LogP contribution in [-0.4, -0.2) is 25.3 Å². The van der Waals surface area contributed by atoms with Gasteiger partial charge in [0.2, 0.25) is 6.23 Å². The standard InChI is InChI=1S/C6H6Cl2N2O3/c1-9-6(12)10-4-2(7)3(8)5(11)13-4/h4H,1H3,(H2,9,10,12)/t4-/m1/s1. The third-order valence-electron chi connectivity index (χ3n) is 1.33. The van der Waals surface area contributed by atoms with Crippen LogP contribution in [0.25, 0.3) is 0 Å². The highest BCUT2D eigenvalue weighted by Crippen LogP contribution is 2.26. The lowest BCUT2D eigenvalue weighted by atomic mass is 10.5. The highest BCUT2D eigenvalue weighted by molar-refractivity contribution is 6.48. The Morgan fingerprint density at radius 2 is 2.15 bits per heavy atom. The van der Waals surface area contributed by atoms with E-state index < -0.39 is 18.2 Å². The monoisotopic (exact) mass is 224 g/mol. The third kappa shape index (κ3) is 2.05. The number of carbonyl (C=O) groups is 2. The molecule has 0 aromatic carbocycles. The molecule has 1 aliphatic rings. The van der Waals surface area contributed by atoms with Gasteiger partial charge >= 0.3 is 12.0 Å². The van der Waals surface area contributed by atoms with Crippen molar-refractivity contribution in [3.63, 3.8) is 0 Å². The first-order valence-corrected chi connectivity index (χ1v) is 4.06. The van der Waals surface area contributed by atoms with Crippen LogP contribution in [0.3, 0.4) is 0 Å². The van der Waals surface area contributed by atoms with E-state index in [0.717, 1.165) is 0 Å². The molecule has 0 aromatic rings. The van der Waals surface area contributed by atoms with Crippen LogP contribution in [0, 0.1) is 0 Å². The number of halogens is 2. The Bertz CT molecular complexity index is 290. The summed E-state index contributed by atoms with van der Waals surface area (Å²) in [5.74, 6) is -0.743. The molecule has 0 saturated carbocycles. The molecule has 72 valence electrons. The van der Waals surface area contributed by atoms with Crippen LogP contribution in [-0.2, 0) is 9.53 Å². The molecule has 0 aliphatic carbocycles. The van der Waals surface area contributed by atoms with Gasteiger partial charge in [0, 0.05) is 7.05 Å². The van der Waals surface area contributed by atoms with Crippen molar-refractivity contribution < 1.29 is 14.3 Å². The maximum atomic E-state index is 10.8. The molecule has 1 heterocycles. The maximum Gasteiger partial charge on any atom is 0.353 e. The van der Waals surface area contributed by atoms with Gasteiger partial charge in [-0.05, 0) is 0 Å². The van der Waals surface area contributed by atoms with Gasteiger partial charge in [0.15, 0.2) is 0 Å². The minimum Gasteiger partial charge on any atom is -0.432 e. The average molecular weight is 225 g/mol. The number of rotatable bonds is 1. The van der Waals surface area contributed by atoms with Crippen LogP contribution in [0.2, 0.25) is 0 Å². The van der Waals surface area contributed by atoms with Crippen LogP contribution in [0.4, 0.5) is 4.79 Å². The van der Waals surface area contributed by atoms with E-state index >= 15 is 0 Å². The van der Waals surface area contributed by atoms with Gasteiger partial charge in [0.25, 0.3) is 0 Å². The molecule has 1 aliphatic heterocycles. The fourth-order valence-corrected chi connectivity index (χ4v) is 1.03. The highest BCUT2D eigenvalue weighted by Gasteiger charge is 2.32. The van der Waals surface area contributed by atoms with E-state index in [-0.39, 0.29) is 10.1 Å². The van der Waals surface area contributed by atoms with Crippen LogP contribution < -0.4 is 10.6 Å². The second-order valence-corrected chi connectivity index (χ2v) is 2.96. The minimum absolute atomic E-state index is 0.0183. The summed E-state index contributed by atoms with van der Waals surface area (Å²) in [6.07, 6.45) is -0.985. The normalized spacial score (nSPS) is 21.5. The van der Waals surface area contributed by atoms with Crippen molar-refractivity contribution in [3.05, 3.63) is 10.1 Å². The van der Waals surface area contributed by atoms with Gasteiger partial charge in [-0.25, -0.2) is 9.59 Å². The quantitative estimate of drug-likeness (QED) is 0.638. The van der Waals surface area contributed by atoms with E-state index in [1.807, 2.05) is 0 Å². The summed E-state index contributed by atoms with van der Waals surface area (Å²) in [6.45, 7) is 0. The smallest absolute Gasteiger partial charge is 0.353 e. The van der Waals surface area contributed by atoms with Gasteiger partial charge in [-0.3, -0.25) is 5.32 Å². The van der Waals surface area contributed by atoms with Crippen LogP contribution in [0.5, 0.6) is 0 Å². The van der Waals surface area contributed by atoms with Crippen LogP contribution in [0.15, 0.2) is 10.1 Å². The van der Waals surface area contributed by atoms with Crippen LogP contribution >= 0.6 is 23.2 Å². The van der Waals surface area contributed by atoms with E-state index in [1.54, 1.807) is 0 Å². The summed E-state index contributed by atoms with van der Waals surface area (Å²) in [5, 5.41) is 4.32. The molecule has 0 bridgehead atoms. The predicted octanol–water partition coefficient (Wildman–Crippen LogP) is 0.487. The Kier molecular flexibility index (Phi) is 3.00. The topological polar surface area (TPSA) is 67.4 Å². The molecule has 5 nitrogen and oxygen atoms in total. The molecule has 0 aromatic heterocycles. The number of cyclic esters (lactones) is 1. The van der Waals surface area contributed by atoms with E-state index in [0.29, 0.717) is 0 Å². The van der Waals surface area contributed by atoms with E-state index in [9.17, 15) is 9.59 Å². The molecule has 7 heteroatoms. The zero-order valence-corrected chi connectivity index (χ0v) is 8.07. The van der Waals surface area contributed by atoms with Crippen molar-refractivity contribution in [2.24, 2.45) is 0 Å². The number of hydrogen-bond donors (Lipinski definition) is 2. The summed E-state index contributed by atoms with van der Waals surface area (Å²) >= 11 is 11.0. The number of urea groups is 1. The Morgan fingerprint density at radius 1 is 1.54 bits per heavy atom. The molecule has 2 N–H and O–H groups in total. The lowest BCUT2D eigenvalue weighted by Gasteiger charge is -2.11. The van der Waals surface area contributed by atoms with Gasteiger partial charge in [-0.1, -0.05) is 23.2 Å². The number of hydrogen-bond acceptors (Lipinski definition) is 3. The van der Waals surface area contributed by atoms with E-state index in [2.05, 4.69) is 15.4 Å². The number of ether oxygens (including phenoxy) is 1. The number of amides is 2. The van der Waals surface area contributed by atoms with Gasteiger partial charge in [0.05, 0.1) is 0 Å². The Balaban J connectivity index is 2.66. The number of nitrogens with one attached hydrogen (secondary N) is 2. The van der Waals surface area contributed by atoms with Crippen molar-refractivity contribution in [2.45, 2.75) is 6.23 Å². The molecule has 0 saturated heterocycles. The first-order valence-electron chi connectivity index (χ1n) is 3.30. The zero-order valence-electron chi connectivity index (χ0n) is 6.56. The highest BCUT2D eigenvalue weighted by atomic mass is 35.5. The number of carbonyl (C=O) groups excluding carboxylic acids is 2. The van der Waals surface area contributed by atoms with Crippen molar-refractivity contribution in [1.82, 2.24) is 10.6 Å². The summed E-state index contributed by atoms with van der Waals surface area (Å²) < 4.78 is 4.61. The predicted molar refractivity (Wildman–Crippen MR) is 46.2 cm³/mol. The Hall–Kier alpha value is -0.940. The van der Waals surface area contributed by atoms with Crippen LogP contribution in [0.1, 0.15) is 0 Å². The molecule has 2 amide bonds. The number of esters is 1. The van der Waals surface area contributed by atoms with Crippen molar-refractivity contribution >= 4 is 35.2 Å². The fourth-order valence-electron chi connectivity index (χ4n) is 0.707. The van der Waals surface area contributed by atoms with Gasteiger partial charge in [-0.15, -0.1) is 0 Å². The van der Waals surface area contributed by atoms with E-state index in [1.165, 1.54) is 7.05 Å². The third-order valence-corrected chi connectivity index (χ3v) is 2.18. The summed E-state index contributed by atoms with van der Waals surface area (Å²) in [5.41, 5.74) is 0. The fraction of sp³-hybridized carbons (Fsp3) is 0.333. The lowest BCUT2D eigenvalue weighted by Crippen LogP contribution is -2.41. The second kappa shape index (κ2) is 3.85. The molecular weight excluding hydrogens is 219 g/mol. The minimum atomic E-state index is -0.985. The largest absolute Gasteiger partial charge is 0.432 e. The molecule has 0 spiro atoms. The average Bonchev–Trinajstić information content (AvgIpc) is 2.34.